The van der Waals surface area contributed by atoms with E-state index in [1.807, 2.05) is 12.1 Å². The molecule has 3 unspecified atom stereocenters. The first-order valence-corrected chi connectivity index (χ1v) is 7.25. The van der Waals surface area contributed by atoms with Crippen molar-refractivity contribution in [2.75, 3.05) is 18.0 Å². The molecule has 1 heterocycles. The third-order valence-corrected chi connectivity index (χ3v) is 4.77. The third kappa shape index (κ3) is 2.17. The van der Waals surface area contributed by atoms with Crippen LogP contribution in [0.4, 0.5) is 5.69 Å². The van der Waals surface area contributed by atoms with Crippen LogP contribution in [0.5, 0.6) is 0 Å². The molecule has 2 fully saturated rings. The van der Waals surface area contributed by atoms with Crippen LogP contribution in [-0.2, 0) is 0 Å². The molecule has 20 heavy (non-hydrogen) atoms. The highest BCUT2D eigenvalue weighted by Gasteiger charge is 2.42. The number of fused-ring (bicyclic) bond motifs is 1. The summed E-state index contributed by atoms with van der Waals surface area (Å²) in [5.74, 6) is 0.875. The van der Waals surface area contributed by atoms with Crippen molar-refractivity contribution in [2.24, 2.45) is 11.8 Å². The summed E-state index contributed by atoms with van der Waals surface area (Å²) in [6, 6.07) is 7.60. The Bertz CT molecular complexity index is 550. The molecule has 0 amide bonds. The lowest BCUT2D eigenvalue weighted by Gasteiger charge is -2.25. The summed E-state index contributed by atoms with van der Waals surface area (Å²) in [5, 5.41) is 29.0. The topological polar surface area (TPSA) is 67.5 Å². The SMILES string of the molecule is C[C@H](O)c1ccc(C#N)cc1N1CC2CCC(O)C2C1. The van der Waals surface area contributed by atoms with E-state index in [-0.39, 0.29) is 6.10 Å². The van der Waals surface area contributed by atoms with Crippen LogP contribution in [0.3, 0.4) is 0 Å². The van der Waals surface area contributed by atoms with Crippen LogP contribution in [0, 0.1) is 23.2 Å². The second-order valence-electron chi connectivity index (χ2n) is 6.03. The number of aliphatic hydroxyl groups is 2. The Balaban J connectivity index is 1.92. The molecule has 2 N–H and O–H groups in total. The number of nitrogens with zero attached hydrogens (tertiary/aromatic N) is 2. The Morgan fingerprint density at radius 3 is 2.80 bits per heavy atom. The maximum Gasteiger partial charge on any atom is 0.0992 e. The summed E-state index contributed by atoms with van der Waals surface area (Å²) in [6.07, 6.45) is 1.23. The zero-order valence-corrected chi connectivity index (χ0v) is 11.7. The number of hydrogen-bond acceptors (Lipinski definition) is 4. The molecule has 2 aliphatic rings. The third-order valence-electron chi connectivity index (χ3n) is 4.77. The quantitative estimate of drug-likeness (QED) is 0.861. The van der Waals surface area contributed by atoms with E-state index in [4.69, 9.17) is 5.26 Å². The molecule has 0 aromatic heterocycles. The van der Waals surface area contributed by atoms with Gasteiger partial charge in [-0.25, -0.2) is 0 Å². The van der Waals surface area contributed by atoms with E-state index in [1.165, 1.54) is 0 Å². The van der Waals surface area contributed by atoms with Crippen molar-refractivity contribution in [2.45, 2.75) is 32.0 Å². The predicted octanol–water partition coefficient (Wildman–Crippen LogP) is 1.82. The van der Waals surface area contributed by atoms with E-state index in [9.17, 15) is 10.2 Å². The van der Waals surface area contributed by atoms with Gasteiger partial charge >= 0.3 is 0 Å². The molecule has 1 aliphatic heterocycles. The van der Waals surface area contributed by atoms with Crippen molar-refractivity contribution in [3.05, 3.63) is 29.3 Å². The molecule has 0 bridgehead atoms. The van der Waals surface area contributed by atoms with Crippen LogP contribution in [0.25, 0.3) is 0 Å². The highest BCUT2D eigenvalue weighted by atomic mass is 16.3. The average molecular weight is 272 g/mol. The van der Waals surface area contributed by atoms with Crippen molar-refractivity contribution in [3.8, 4) is 6.07 Å². The lowest BCUT2D eigenvalue weighted by molar-refractivity contribution is 0.133. The Kier molecular flexibility index (Phi) is 3.41. The molecular weight excluding hydrogens is 252 g/mol. The highest BCUT2D eigenvalue weighted by molar-refractivity contribution is 5.59. The lowest BCUT2D eigenvalue weighted by Crippen LogP contribution is -2.25. The van der Waals surface area contributed by atoms with Crippen molar-refractivity contribution in [1.29, 1.82) is 5.26 Å². The molecule has 4 heteroatoms. The molecule has 4 nitrogen and oxygen atoms in total. The van der Waals surface area contributed by atoms with Gasteiger partial charge in [-0.2, -0.15) is 5.26 Å². The molecule has 1 aliphatic carbocycles. The van der Waals surface area contributed by atoms with Crippen LogP contribution in [0.2, 0.25) is 0 Å². The second-order valence-corrected chi connectivity index (χ2v) is 6.03. The van der Waals surface area contributed by atoms with Crippen LogP contribution < -0.4 is 4.90 Å². The number of anilines is 1. The summed E-state index contributed by atoms with van der Waals surface area (Å²) < 4.78 is 0. The smallest absolute Gasteiger partial charge is 0.0992 e. The predicted molar refractivity (Wildman–Crippen MR) is 76.2 cm³/mol. The summed E-state index contributed by atoms with van der Waals surface area (Å²) in [4.78, 5) is 2.22. The van der Waals surface area contributed by atoms with Gasteiger partial charge in [-0.05, 0) is 37.8 Å². The first-order valence-electron chi connectivity index (χ1n) is 7.25. The van der Waals surface area contributed by atoms with Crippen molar-refractivity contribution in [1.82, 2.24) is 0 Å². The first-order chi connectivity index (χ1) is 9.60. The van der Waals surface area contributed by atoms with Crippen molar-refractivity contribution >= 4 is 5.69 Å². The van der Waals surface area contributed by atoms with Crippen LogP contribution in [-0.4, -0.2) is 29.4 Å². The largest absolute Gasteiger partial charge is 0.393 e. The van der Waals surface area contributed by atoms with E-state index >= 15 is 0 Å². The minimum Gasteiger partial charge on any atom is -0.393 e. The Hall–Kier alpha value is -1.57. The van der Waals surface area contributed by atoms with Gasteiger partial charge in [0.2, 0.25) is 0 Å². The summed E-state index contributed by atoms with van der Waals surface area (Å²) >= 11 is 0. The van der Waals surface area contributed by atoms with Crippen LogP contribution in [0.15, 0.2) is 18.2 Å². The van der Waals surface area contributed by atoms with Gasteiger partial charge in [0.25, 0.3) is 0 Å². The number of rotatable bonds is 2. The molecule has 0 spiro atoms. The number of hydrogen-bond donors (Lipinski definition) is 2. The van der Waals surface area contributed by atoms with Crippen LogP contribution >= 0.6 is 0 Å². The van der Waals surface area contributed by atoms with Crippen molar-refractivity contribution < 1.29 is 10.2 Å². The summed E-state index contributed by atoms with van der Waals surface area (Å²) in [5.41, 5.74) is 2.42. The van der Waals surface area contributed by atoms with Gasteiger partial charge < -0.3 is 15.1 Å². The van der Waals surface area contributed by atoms with E-state index in [0.29, 0.717) is 17.4 Å². The molecule has 3 rings (SSSR count). The maximum atomic E-state index is 10.0. The van der Waals surface area contributed by atoms with Gasteiger partial charge in [-0.3, -0.25) is 0 Å². The van der Waals surface area contributed by atoms with Gasteiger partial charge in [0.15, 0.2) is 0 Å². The summed E-state index contributed by atoms with van der Waals surface area (Å²) in [6.45, 7) is 3.48. The van der Waals surface area contributed by atoms with Gasteiger partial charge in [0, 0.05) is 30.3 Å². The molecule has 1 aromatic carbocycles. The monoisotopic (exact) mass is 272 g/mol. The standard InChI is InChI=1S/C16H20N2O2/c1-10(19)13-4-2-11(7-17)6-15(13)18-8-12-3-5-16(20)14(12)9-18/h2,4,6,10,12,14,16,19-20H,3,5,8-9H2,1H3/t10-,12?,14?,16?/m0/s1. The number of benzene rings is 1. The maximum absolute atomic E-state index is 10.0. The lowest BCUT2D eigenvalue weighted by atomic mass is 10.00. The van der Waals surface area contributed by atoms with Gasteiger partial charge in [0.1, 0.15) is 0 Å². The normalized spacial score (nSPS) is 30.1. The van der Waals surface area contributed by atoms with Gasteiger partial charge in [-0.15, -0.1) is 0 Å². The number of nitriles is 1. The van der Waals surface area contributed by atoms with Crippen molar-refractivity contribution in [3.63, 3.8) is 0 Å². The Morgan fingerprint density at radius 2 is 2.15 bits per heavy atom. The minimum absolute atomic E-state index is 0.195. The summed E-state index contributed by atoms with van der Waals surface area (Å²) in [7, 11) is 0. The highest BCUT2D eigenvalue weighted by Crippen LogP contribution is 2.41. The van der Waals surface area contributed by atoms with E-state index in [1.54, 1.807) is 13.0 Å². The zero-order valence-electron chi connectivity index (χ0n) is 11.7. The first kappa shape index (κ1) is 13.4. The Morgan fingerprint density at radius 1 is 1.35 bits per heavy atom. The van der Waals surface area contributed by atoms with Crippen LogP contribution in [0.1, 0.15) is 37.0 Å². The van der Waals surface area contributed by atoms with E-state index in [0.717, 1.165) is 37.2 Å². The fourth-order valence-electron chi connectivity index (χ4n) is 3.67. The fraction of sp³-hybridized carbons (Fsp3) is 0.562. The van der Waals surface area contributed by atoms with E-state index < -0.39 is 6.10 Å². The average Bonchev–Trinajstić information content (AvgIpc) is 3.00. The molecule has 1 saturated heterocycles. The molecule has 1 saturated carbocycles. The minimum atomic E-state index is -0.553. The second kappa shape index (κ2) is 5.08. The van der Waals surface area contributed by atoms with Gasteiger partial charge in [0.05, 0.1) is 23.8 Å². The fourth-order valence-corrected chi connectivity index (χ4v) is 3.67. The van der Waals surface area contributed by atoms with E-state index in [2.05, 4.69) is 11.0 Å². The zero-order chi connectivity index (χ0) is 14.3. The molecule has 106 valence electrons. The molecule has 1 aromatic rings. The Labute approximate surface area is 119 Å². The van der Waals surface area contributed by atoms with Gasteiger partial charge in [-0.1, -0.05) is 6.07 Å². The molecule has 4 atom stereocenters. The number of aliphatic hydroxyl groups excluding tert-OH is 2. The molecule has 0 radical (unpaired) electrons. The molecular formula is C16H20N2O2.